The van der Waals surface area contributed by atoms with Crippen LogP contribution in [0, 0.1) is 5.82 Å². The molecule has 0 bridgehead atoms. The maximum atomic E-state index is 13.3. The summed E-state index contributed by atoms with van der Waals surface area (Å²) in [6.45, 7) is 0. The second-order valence-electron chi connectivity index (χ2n) is 3.76. The first-order chi connectivity index (χ1) is 8.78. The van der Waals surface area contributed by atoms with Gasteiger partial charge in [0.2, 0.25) is 0 Å². The minimum atomic E-state index is -0.256. The van der Waals surface area contributed by atoms with Crippen molar-refractivity contribution in [3.8, 4) is 0 Å². The fourth-order valence-corrected chi connectivity index (χ4v) is 1.84. The third-order valence-corrected chi connectivity index (χ3v) is 2.96. The lowest BCUT2D eigenvalue weighted by Gasteiger charge is -2.00. The number of benzene rings is 2. The summed E-state index contributed by atoms with van der Waals surface area (Å²) in [7, 11) is 0. The summed E-state index contributed by atoms with van der Waals surface area (Å²) in [5.74, 6) is -0.256. The highest BCUT2D eigenvalue weighted by atomic mass is 79.9. The smallest absolute Gasteiger partial charge is 0.124 e. The predicted octanol–water partition coefficient (Wildman–Crippen LogP) is 4.17. The molecule has 0 heterocycles. The van der Waals surface area contributed by atoms with Gasteiger partial charge in [-0.25, -0.2) is 4.39 Å². The van der Waals surface area contributed by atoms with Crippen molar-refractivity contribution in [3.05, 3.63) is 65.5 Å². The molecule has 2 rings (SSSR count). The summed E-state index contributed by atoms with van der Waals surface area (Å²) in [5.41, 5.74) is 5.39. The summed E-state index contributed by atoms with van der Waals surface area (Å²) < 4.78 is 13.3. The van der Waals surface area contributed by atoms with Gasteiger partial charge in [0.25, 0.3) is 0 Å². The van der Waals surface area contributed by atoms with E-state index in [1.54, 1.807) is 6.21 Å². The van der Waals surface area contributed by atoms with Crippen molar-refractivity contribution in [2.75, 3.05) is 5.43 Å². The quantitative estimate of drug-likeness (QED) is 0.512. The number of nitrogens with one attached hydrogen (secondary N) is 1. The van der Waals surface area contributed by atoms with Crippen LogP contribution < -0.4 is 5.43 Å². The molecule has 0 amide bonds. The van der Waals surface area contributed by atoms with Crippen molar-refractivity contribution in [1.29, 1.82) is 0 Å². The first-order valence-corrected chi connectivity index (χ1v) is 6.59. The molecule has 0 aliphatic rings. The molecule has 1 N–H and O–H groups in total. The van der Waals surface area contributed by atoms with E-state index in [0.717, 1.165) is 16.8 Å². The molecule has 0 saturated carbocycles. The van der Waals surface area contributed by atoms with Gasteiger partial charge in [0.05, 0.1) is 11.9 Å². The topological polar surface area (TPSA) is 24.4 Å². The number of hydrogen-bond acceptors (Lipinski definition) is 2. The van der Waals surface area contributed by atoms with Gasteiger partial charge in [-0.1, -0.05) is 34.1 Å². The Morgan fingerprint density at radius 3 is 2.67 bits per heavy atom. The normalized spacial score (nSPS) is 10.8. The van der Waals surface area contributed by atoms with Crippen molar-refractivity contribution >= 4 is 27.8 Å². The van der Waals surface area contributed by atoms with Gasteiger partial charge < -0.3 is 0 Å². The van der Waals surface area contributed by atoms with E-state index in [9.17, 15) is 4.39 Å². The molecule has 92 valence electrons. The number of rotatable bonds is 4. The summed E-state index contributed by atoms with van der Waals surface area (Å²) in [6, 6.07) is 14.4. The highest BCUT2D eigenvalue weighted by Crippen LogP contribution is 2.11. The van der Waals surface area contributed by atoms with E-state index >= 15 is 0 Å². The summed E-state index contributed by atoms with van der Waals surface area (Å²) in [6.07, 6.45) is 1.60. The Morgan fingerprint density at radius 2 is 1.94 bits per heavy atom. The van der Waals surface area contributed by atoms with Crippen LogP contribution in [-0.2, 0) is 5.33 Å². The van der Waals surface area contributed by atoms with Crippen molar-refractivity contribution in [3.63, 3.8) is 0 Å². The van der Waals surface area contributed by atoms with E-state index in [-0.39, 0.29) is 5.82 Å². The van der Waals surface area contributed by atoms with E-state index in [2.05, 4.69) is 26.5 Å². The maximum absolute atomic E-state index is 13.3. The fourth-order valence-electron chi connectivity index (χ4n) is 1.52. The van der Waals surface area contributed by atoms with Crippen LogP contribution in [0.1, 0.15) is 11.1 Å². The average molecular weight is 307 g/mol. The minimum Gasteiger partial charge on any atom is -0.279 e. The van der Waals surface area contributed by atoms with E-state index in [1.165, 1.54) is 12.1 Å². The second-order valence-corrected chi connectivity index (χ2v) is 4.32. The van der Waals surface area contributed by atoms with Crippen LogP contribution in [0.4, 0.5) is 10.1 Å². The van der Waals surface area contributed by atoms with Gasteiger partial charge in [0.15, 0.2) is 0 Å². The number of hydrogen-bond donors (Lipinski definition) is 1. The lowest BCUT2D eigenvalue weighted by atomic mass is 10.1. The highest BCUT2D eigenvalue weighted by molar-refractivity contribution is 9.08. The number of nitrogens with zero attached hydrogens (tertiary/aromatic N) is 1. The lowest BCUT2D eigenvalue weighted by molar-refractivity contribution is 0.626. The second kappa shape index (κ2) is 6.31. The molecule has 0 aromatic heterocycles. The van der Waals surface area contributed by atoms with Crippen LogP contribution in [0.25, 0.3) is 0 Å². The molecule has 0 aliphatic carbocycles. The lowest BCUT2D eigenvalue weighted by Crippen LogP contribution is -1.92. The number of hydrazone groups is 1. The Bertz CT molecular complexity index is 541. The molecule has 2 aromatic rings. The van der Waals surface area contributed by atoms with Crippen molar-refractivity contribution in [1.82, 2.24) is 0 Å². The summed E-state index contributed by atoms with van der Waals surface area (Å²) in [4.78, 5) is 0. The predicted molar refractivity (Wildman–Crippen MR) is 76.7 cm³/mol. The summed E-state index contributed by atoms with van der Waals surface area (Å²) >= 11 is 3.30. The van der Waals surface area contributed by atoms with E-state index in [4.69, 9.17) is 0 Å². The Balaban J connectivity index is 2.07. The Hall–Kier alpha value is -1.68. The molecule has 2 aromatic carbocycles. The minimum absolute atomic E-state index is 0.256. The number of anilines is 1. The fraction of sp³-hybridized carbons (Fsp3) is 0.0714. The monoisotopic (exact) mass is 306 g/mol. The van der Waals surface area contributed by atoms with Crippen LogP contribution in [0.15, 0.2) is 53.6 Å². The highest BCUT2D eigenvalue weighted by Gasteiger charge is 1.97. The maximum Gasteiger partial charge on any atom is 0.124 e. The first kappa shape index (κ1) is 12.8. The van der Waals surface area contributed by atoms with E-state index in [1.807, 2.05) is 36.4 Å². The van der Waals surface area contributed by atoms with Gasteiger partial charge >= 0.3 is 0 Å². The third-order valence-electron chi connectivity index (χ3n) is 2.32. The van der Waals surface area contributed by atoms with Crippen LogP contribution in [0.5, 0.6) is 0 Å². The number of para-hydroxylation sites is 1. The van der Waals surface area contributed by atoms with Gasteiger partial charge in [-0.3, -0.25) is 5.43 Å². The molecule has 4 heteroatoms. The molecule has 0 radical (unpaired) electrons. The standard InChI is InChI=1S/C14H12BrFN2/c15-9-11-6-12(8-13(16)7-11)10-17-18-14-4-2-1-3-5-14/h1-8,10,18H,9H2. The van der Waals surface area contributed by atoms with Gasteiger partial charge in [-0.05, 0) is 41.5 Å². The van der Waals surface area contributed by atoms with Gasteiger partial charge in [0.1, 0.15) is 5.82 Å². The van der Waals surface area contributed by atoms with E-state index < -0.39 is 0 Å². The Labute approximate surface area is 114 Å². The zero-order valence-electron chi connectivity index (χ0n) is 9.61. The van der Waals surface area contributed by atoms with Crippen LogP contribution in [-0.4, -0.2) is 6.21 Å². The molecular formula is C14H12BrFN2. The zero-order valence-corrected chi connectivity index (χ0v) is 11.2. The third kappa shape index (κ3) is 3.67. The van der Waals surface area contributed by atoms with E-state index in [0.29, 0.717) is 5.33 Å². The molecule has 0 fully saturated rings. The zero-order chi connectivity index (χ0) is 12.8. The molecule has 0 atom stereocenters. The van der Waals surface area contributed by atoms with Crippen molar-refractivity contribution in [2.24, 2.45) is 5.10 Å². The Morgan fingerprint density at radius 1 is 1.17 bits per heavy atom. The molecule has 18 heavy (non-hydrogen) atoms. The number of alkyl halides is 1. The number of halogens is 2. The van der Waals surface area contributed by atoms with Crippen LogP contribution >= 0.6 is 15.9 Å². The van der Waals surface area contributed by atoms with Gasteiger partial charge in [-0.2, -0.15) is 5.10 Å². The molecule has 0 unspecified atom stereocenters. The van der Waals surface area contributed by atoms with Crippen molar-refractivity contribution < 1.29 is 4.39 Å². The average Bonchev–Trinajstić information content (AvgIpc) is 2.39. The first-order valence-electron chi connectivity index (χ1n) is 5.47. The molecule has 2 nitrogen and oxygen atoms in total. The molecule has 0 saturated heterocycles. The van der Waals surface area contributed by atoms with Gasteiger partial charge in [-0.15, -0.1) is 0 Å². The SMILES string of the molecule is Fc1cc(C=NNc2ccccc2)cc(CBr)c1. The Kier molecular flexibility index (Phi) is 4.47. The van der Waals surface area contributed by atoms with Gasteiger partial charge in [0, 0.05) is 5.33 Å². The molecule has 0 aliphatic heterocycles. The molecular weight excluding hydrogens is 295 g/mol. The largest absolute Gasteiger partial charge is 0.279 e. The van der Waals surface area contributed by atoms with Crippen LogP contribution in [0.2, 0.25) is 0 Å². The molecule has 0 spiro atoms. The van der Waals surface area contributed by atoms with Crippen molar-refractivity contribution in [2.45, 2.75) is 5.33 Å². The van der Waals surface area contributed by atoms with Crippen LogP contribution in [0.3, 0.4) is 0 Å². The summed E-state index contributed by atoms with van der Waals surface area (Å²) in [5, 5.41) is 4.69.